The Hall–Kier alpha value is -1.27. The van der Waals surface area contributed by atoms with Crippen LogP contribution < -0.4 is 15.5 Å². The van der Waals surface area contributed by atoms with E-state index in [2.05, 4.69) is 50.0 Å². The molecule has 5 nitrogen and oxygen atoms in total. The molecule has 1 unspecified atom stereocenters. The summed E-state index contributed by atoms with van der Waals surface area (Å²) in [5.74, 6) is 0.958. The fourth-order valence-corrected chi connectivity index (χ4v) is 4.32. The molecular formula is C17H29N5S. The van der Waals surface area contributed by atoms with E-state index in [1.807, 2.05) is 18.4 Å². The predicted octanol–water partition coefficient (Wildman–Crippen LogP) is 1.98. The Balaban J connectivity index is 1.41. The number of likely N-dealkylation sites (N-methyl/N-ethyl adjacent to an activating group) is 1. The molecule has 0 spiro atoms. The van der Waals surface area contributed by atoms with Crippen molar-refractivity contribution < 1.29 is 0 Å². The minimum absolute atomic E-state index is 0.527. The van der Waals surface area contributed by atoms with Crippen LogP contribution in [0.3, 0.4) is 0 Å². The minimum Gasteiger partial charge on any atom is -0.363 e. The lowest BCUT2D eigenvalue weighted by atomic mass is 10.1. The number of aliphatic imine (C=N–C) groups is 1. The molecule has 2 aliphatic heterocycles. The number of guanidine groups is 1. The first-order chi connectivity index (χ1) is 11.3. The zero-order valence-corrected chi connectivity index (χ0v) is 15.1. The number of thiophene rings is 1. The van der Waals surface area contributed by atoms with Crippen molar-refractivity contribution in [1.82, 2.24) is 15.5 Å². The molecule has 2 fully saturated rings. The van der Waals surface area contributed by atoms with E-state index < -0.39 is 0 Å². The van der Waals surface area contributed by atoms with Gasteiger partial charge in [-0.05, 0) is 56.8 Å². The van der Waals surface area contributed by atoms with Crippen molar-refractivity contribution in [2.24, 2.45) is 4.99 Å². The number of hydrogen-bond acceptors (Lipinski definition) is 4. The quantitative estimate of drug-likeness (QED) is 0.652. The average molecular weight is 336 g/mol. The predicted molar refractivity (Wildman–Crippen MR) is 99.7 cm³/mol. The number of nitrogens with zero attached hydrogens (tertiary/aromatic N) is 3. The van der Waals surface area contributed by atoms with Gasteiger partial charge >= 0.3 is 0 Å². The third-order valence-electron chi connectivity index (χ3n) is 5.05. The van der Waals surface area contributed by atoms with Gasteiger partial charge in [0.05, 0.1) is 5.00 Å². The van der Waals surface area contributed by atoms with Crippen LogP contribution in [0.4, 0.5) is 5.00 Å². The fourth-order valence-electron chi connectivity index (χ4n) is 3.53. The van der Waals surface area contributed by atoms with Crippen LogP contribution in [0.1, 0.15) is 25.7 Å². The van der Waals surface area contributed by atoms with E-state index in [0.29, 0.717) is 12.1 Å². The van der Waals surface area contributed by atoms with Gasteiger partial charge in [0.2, 0.25) is 0 Å². The summed E-state index contributed by atoms with van der Waals surface area (Å²) in [5.41, 5.74) is 0. The maximum absolute atomic E-state index is 4.40. The first kappa shape index (κ1) is 16.6. The summed E-state index contributed by atoms with van der Waals surface area (Å²) in [6.45, 7) is 4.46. The molecule has 128 valence electrons. The van der Waals surface area contributed by atoms with Crippen LogP contribution in [0.15, 0.2) is 22.5 Å². The van der Waals surface area contributed by atoms with Crippen LogP contribution in [-0.2, 0) is 0 Å². The van der Waals surface area contributed by atoms with Crippen LogP contribution in [0.25, 0.3) is 0 Å². The molecule has 2 aliphatic rings. The maximum atomic E-state index is 4.40. The lowest BCUT2D eigenvalue weighted by molar-refractivity contribution is 0.309. The number of piperidine rings is 1. The highest BCUT2D eigenvalue weighted by Crippen LogP contribution is 2.24. The molecule has 0 amide bonds. The molecule has 0 bridgehead atoms. The summed E-state index contributed by atoms with van der Waals surface area (Å²) in [6, 6.07) is 5.53. The van der Waals surface area contributed by atoms with Crippen molar-refractivity contribution in [3.05, 3.63) is 17.5 Å². The van der Waals surface area contributed by atoms with Crippen LogP contribution in [-0.4, -0.2) is 63.2 Å². The fraction of sp³-hybridized carbons (Fsp3) is 0.706. The van der Waals surface area contributed by atoms with Crippen molar-refractivity contribution in [2.45, 2.75) is 37.8 Å². The summed E-state index contributed by atoms with van der Waals surface area (Å²) < 4.78 is 0. The van der Waals surface area contributed by atoms with Gasteiger partial charge in [0.15, 0.2) is 5.96 Å². The molecule has 1 aromatic rings. The maximum Gasteiger partial charge on any atom is 0.191 e. The molecule has 0 saturated carbocycles. The van der Waals surface area contributed by atoms with Gasteiger partial charge in [-0.15, -0.1) is 11.3 Å². The van der Waals surface area contributed by atoms with Crippen LogP contribution in [0.5, 0.6) is 0 Å². The Morgan fingerprint density at radius 1 is 1.30 bits per heavy atom. The molecular weight excluding hydrogens is 306 g/mol. The van der Waals surface area contributed by atoms with Crippen molar-refractivity contribution in [1.29, 1.82) is 0 Å². The molecule has 2 saturated heterocycles. The molecule has 0 aliphatic carbocycles. The van der Waals surface area contributed by atoms with Crippen molar-refractivity contribution in [2.75, 3.05) is 45.2 Å². The van der Waals surface area contributed by atoms with Crippen LogP contribution >= 0.6 is 11.3 Å². The van der Waals surface area contributed by atoms with Gasteiger partial charge in [-0.25, -0.2) is 0 Å². The number of rotatable bonds is 4. The molecule has 2 N–H and O–H groups in total. The first-order valence-corrected chi connectivity index (χ1v) is 9.60. The Labute approximate surface area is 143 Å². The lowest BCUT2D eigenvalue weighted by Crippen LogP contribution is -2.50. The van der Waals surface area contributed by atoms with Gasteiger partial charge in [-0.2, -0.15) is 0 Å². The smallest absolute Gasteiger partial charge is 0.191 e. The van der Waals surface area contributed by atoms with Crippen LogP contribution in [0, 0.1) is 0 Å². The van der Waals surface area contributed by atoms with Gasteiger partial charge < -0.3 is 20.4 Å². The molecule has 3 rings (SSSR count). The standard InChI is InChI=1S/C17H29N5S/c1-18-17(19-13-15-5-3-9-21(15)2)20-14-7-10-22(11-8-14)16-6-4-12-23-16/h4,6,12,14-15H,3,5,7-11,13H2,1-2H3,(H2,18,19,20). The number of hydrogen-bond donors (Lipinski definition) is 2. The summed E-state index contributed by atoms with van der Waals surface area (Å²) in [5, 5.41) is 10.7. The third-order valence-corrected chi connectivity index (χ3v) is 5.98. The zero-order valence-electron chi connectivity index (χ0n) is 14.3. The van der Waals surface area contributed by atoms with E-state index >= 15 is 0 Å². The molecule has 6 heteroatoms. The van der Waals surface area contributed by atoms with Gasteiger partial charge in [0.1, 0.15) is 0 Å². The first-order valence-electron chi connectivity index (χ1n) is 8.72. The van der Waals surface area contributed by atoms with E-state index in [4.69, 9.17) is 0 Å². The molecule has 1 aromatic heterocycles. The number of likely N-dealkylation sites (tertiary alicyclic amines) is 1. The van der Waals surface area contributed by atoms with E-state index in [9.17, 15) is 0 Å². The largest absolute Gasteiger partial charge is 0.363 e. The second-order valence-corrected chi connectivity index (χ2v) is 7.51. The highest BCUT2D eigenvalue weighted by molar-refractivity contribution is 7.14. The monoisotopic (exact) mass is 335 g/mol. The molecule has 0 radical (unpaired) electrons. The van der Waals surface area contributed by atoms with Crippen molar-refractivity contribution in [3.63, 3.8) is 0 Å². The summed E-state index contributed by atoms with van der Waals surface area (Å²) in [4.78, 5) is 9.34. The Morgan fingerprint density at radius 2 is 2.13 bits per heavy atom. The number of nitrogens with one attached hydrogen (secondary N) is 2. The zero-order chi connectivity index (χ0) is 16.1. The topological polar surface area (TPSA) is 42.9 Å². The minimum atomic E-state index is 0.527. The number of anilines is 1. The second kappa shape index (κ2) is 8.02. The Bertz CT molecular complexity index is 493. The van der Waals surface area contributed by atoms with Crippen molar-refractivity contribution in [3.8, 4) is 0 Å². The van der Waals surface area contributed by atoms with E-state index in [-0.39, 0.29) is 0 Å². The highest BCUT2D eigenvalue weighted by Gasteiger charge is 2.23. The Morgan fingerprint density at radius 3 is 2.74 bits per heavy atom. The highest BCUT2D eigenvalue weighted by atomic mass is 32.1. The third kappa shape index (κ3) is 4.38. The normalized spacial score (nSPS) is 24.2. The molecule has 1 atom stereocenters. The van der Waals surface area contributed by atoms with E-state index in [0.717, 1.165) is 25.6 Å². The van der Waals surface area contributed by atoms with Crippen LogP contribution in [0.2, 0.25) is 0 Å². The van der Waals surface area contributed by atoms with Crippen molar-refractivity contribution >= 4 is 22.3 Å². The summed E-state index contributed by atoms with van der Waals surface area (Å²) in [6.07, 6.45) is 4.94. The molecule has 3 heterocycles. The average Bonchev–Trinajstić information content (AvgIpc) is 3.24. The van der Waals surface area contributed by atoms with Gasteiger partial charge in [0.25, 0.3) is 0 Å². The molecule has 23 heavy (non-hydrogen) atoms. The van der Waals surface area contributed by atoms with Gasteiger partial charge in [-0.1, -0.05) is 0 Å². The SMILES string of the molecule is CN=C(NCC1CCCN1C)NC1CCN(c2cccs2)CC1. The van der Waals surface area contributed by atoms with Gasteiger partial charge in [0, 0.05) is 38.8 Å². The second-order valence-electron chi connectivity index (χ2n) is 6.59. The lowest BCUT2D eigenvalue weighted by Gasteiger charge is -2.33. The van der Waals surface area contributed by atoms with E-state index in [1.165, 1.54) is 37.2 Å². The Kier molecular flexibility index (Phi) is 5.78. The van der Waals surface area contributed by atoms with Gasteiger partial charge in [-0.3, -0.25) is 4.99 Å². The molecule has 0 aromatic carbocycles. The summed E-state index contributed by atoms with van der Waals surface area (Å²) in [7, 11) is 4.09. The summed E-state index contributed by atoms with van der Waals surface area (Å²) >= 11 is 1.84. The van der Waals surface area contributed by atoms with E-state index in [1.54, 1.807) is 0 Å².